The Morgan fingerprint density at radius 1 is 1.28 bits per heavy atom. The first-order chi connectivity index (χ1) is 11.9. The molecule has 25 heavy (non-hydrogen) atoms. The van der Waals surface area contributed by atoms with Crippen LogP contribution in [0.1, 0.15) is 40.4 Å². The fraction of sp³-hybridized carbons (Fsp3) is 0.421. The zero-order chi connectivity index (χ0) is 18.1. The Labute approximate surface area is 148 Å². The molecule has 0 spiro atoms. The second-order valence-electron chi connectivity index (χ2n) is 6.79. The van der Waals surface area contributed by atoms with Crippen LogP contribution >= 0.6 is 0 Å². The number of carbonyl (C=O) groups is 2. The average Bonchev–Trinajstić information content (AvgIpc) is 2.98. The summed E-state index contributed by atoms with van der Waals surface area (Å²) < 4.78 is 2.06. The molecule has 6 heteroatoms. The van der Waals surface area contributed by atoms with Crippen LogP contribution in [0.25, 0.3) is 0 Å². The van der Waals surface area contributed by atoms with E-state index in [-0.39, 0.29) is 24.3 Å². The molecule has 0 bridgehead atoms. The van der Waals surface area contributed by atoms with E-state index in [0.29, 0.717) is 18.7 Å². The molecule has 1 aliphatic rings. The van der Waals surface area contributed by atoms with Gasteiger partial charge in [0.2, 0.25) is 5.91 Å². The monoisotopic (exact) mass is 340 g/mol. The molecule has 0 radical (unpaired) electrons. The molecular formula is C19H24N4O2. The molecule has 1 aromatic heterocycles. The number of fused-ring (bicyclic) bond motifs is 1. The number of aryl methyl sites for hydroxylation is 1. The minimum atomic E-state index is -0.120. The van der Waals surface area contributed by atoms with E-state index in [4.69, 9.17) is 0 Å². The number of likely N-dealkylation sites (N-methyl/N-ethyl adjacent to an activating group) is 1. The van der Waals surface area contributed by atoms with Gasteiger partial charge in [-0.05, 0) is 26.0 Å². The van der Waals surface area contributed by atoms with Crippen molar-refractivity contribution >= 4 is 11.8 Å². The van der Waals surface area contributed by atoms with Crippen molar-refractivity contribution in [1.29, 1.82) is 0 Å². The first-order valence-electron chi connectivity index (χ1n) is 8.50. The minimum absolute atomic E-state index is 0.0239. The zero-order valence-corrected chi connectivity index (χ0v) is 15.2. The highest BCUT2D eigenvalue weighted by Gasteiger charge is 2.30. The van der Waals surface area contributed by atoms with Gasteiger partial charge in [0.1, 0.15) is 5.82 Å². The number of imidazole rings is 1. The van der Waals surface area contributed by atoms with Crippen molar-refractivity contribution in [3.05, 3.63) is 53.1 Å². The van der Waals surface area contributed by atoms with Crippen LogP contribution < -0.4 is 0 Å². The summed E-state index contributed by atoms with van der Waals surface area (Å²) >= 11 is 0. The molecule has 0 N–H and O–H groups in total. The highest BCUT2D eigenvalue weighted by Crippen LogP contribution is 2.26. The number of nitrogens with zero attached hydrogens (tertiary/aromatic N) is 4. The largest absolute Gasteiger partial charge is 0.348 e. The van der Waals surface area contributed by atoms with Gasteiger partial charge in [-0.2, -0.15) is 0 Å². The van der Waals surface area contributed by atoms with Crippen LogP contribution in [-0.2, 0) is 17.8 Å². The number of carbonyl (C=O) groups excluding carboxylic acids is 2. The van der Waals surface area contributed by atoms with Crippen molar-refractivity contribution in [2.24, 2.45) is 0 Å². The van der Waals surface area contributed by atoms with E-state index in [1.54, 1.807) is 19.0 Å². The van der Waals surface area contributed by atoms with Crippen molar-refractivity contribution in [2.75, 3.05) is 20.6 Å². The maximum atomic E-state index is 12.9. The lowest BCUT2D eigenvalue weighted by Crippen LogP contribution is -2.41. The summed E-state index contributed by atoms with van der Waals surface area (Å²) in [5.74, 6) is 0.890. The Bertz CT molecular complexity index is 810. The quantitative estimate of drug-likeness (QED) is 0.859. The highest BCUT2D eigenvalue weighted by atomic mass is 16.2. The van der Waals surface area contributed by atoms with Gasteiger partial charge in [0.25, 0.3) is 5.91 Å². The SMILES string of the molecule is Cc1cccc(C(=O)N2CCn3cc(CC(=O)N(C)C)nc3[C@@H]2C)c1. The molecule has 1 aromatic carbocycles. The van der Waals surface area contributed by atoms with Gasteiger partial charge < -0.3 is 14.4 Å². The van der Waals surface area contributed by atoms with E-state index in [1.807, 2.05) is 49.2 Å². The molecule has 0 aliphatic carbocycles. The number of hydrogen-bond acceptors (Lipinski definition) is 3. The molecule has 132 valence electrons. The molecule has 2 aromatic rings. The third-order valence-corrected chi connectivity index (χ3v) is 4.64. The van der Waals surface area contributed by atoms with Crippen LogP contribution in [0.15, 0.2) is 30.5 Å². The Morgan fingerprint density at radius 2 is 2.04 bits per heavy atom. The number of amides is 2. The van der Waals surface area contributed by atoms with E-state index in [0.717, 1.165) is 17.1 Å². The molecule has 0 saturated carbocycles. The van der Waals surface area contributed by atoms with Gasteiger partial charge >= 0.3 is 0 Å². The Hall–Kier alpha value is -2.63. The summed E-state index contributed by atoms with van der Waals surface area (Å²) in [6.45, 7) is 5.30. The predicted molar refractivity (Wildman–Crippen MR) is 95.3 cm³/mol. The van der Waals surface area contributed by atoms with Gasteiger partial charge in [-0.3, -0.25) is 9.59 Å². The van der Waals surface area contributed by atoms with Gasteiger partial charge in [-0.15, -0.1) is 0 Å². The van der Waals surface area contributed by atoms with Crippen molar-refractivity contribution in [3.8, 4) is 0 Å². The first kappa shape index (κ1) is 17.2. The first-order valence-corrected chi connectivity index (χ1v) is 8.50. The summed E-state index contributed by atoms with van der Waals surface area (Å²) in [6, 6.07) is 7.53. The zero-order valence-electron chi connectivity index (χ0n) is 15.2. The van der Waals surface area contributed by atoms with E-state index in [1.165, 1.54) is 0 Å². The normalized spacial score (nSPS) is 16.5. The number of rotatable bonds is 3. The van der Waals surface area contributed by atoms with Crippen LogP contribution in [0.3, 0.4) is 0 Å². The molecule has 0 fully saturated rings. The van der Waals surface area contributed by atoms with Crippen LogP contribution in [0.5, 0.6) is 0 Å². The molecule has 0 unspecified atom stereocenters. The second kappa shape index (κ2) is 6.70. The van der Waals surface area contributed by atoms with Gasteiger partial charge in [0.15, 0.2) is 0 Å². The summed E-state index contributed by atoms with van der Waals surface area (Å²) in [4.78, 5) is 32.8. The molecular weight excluding hydrogens is 316 g/mol. The van der Waals surface area contributed by atoms with Crippen LogP contribution in [0.2, 0.25) is 0 Å². The molecule has 1 atom stereocenters. The fourth-order valence-electron chi connectivity index (χ4n) is 3.17. The maximum absolute atomic E-state index is 12.9. The van der Waals surface area contributed by atoms with Crippen LogP contribution in [0.4, 0.5) is 0 Å². The van der Waals surface area contributed by atoms with E-state index < -0.39 is 0 Å². The summed E-state index contributed by atoms with van der Waals surface area (Å²) in [7, 11) is 3.48. The molecule has 1 aliphatic heterocycles. The smallest absolute Gasteiger partial charge is 0.254 e. The topological polar surface area (TPSA) is 58.4 Å². The van der Waals surface area contributed by atoms with Gasteiger partial charge in [-0.25, -0.2) is 4.98 Å². The highest BCUT2D eigenvalue weighted by molar-refractivity contribution is 5.94. The second-order valence-corrected chi connectivity index (χ2v) is 6.79. The van der Waals surface area contributed by atoms with Gasteiger partial charge in [0, 0.05) is 38.9 Å². The Kier molecular flexibility index (Phi) is 4.61. The minimum Gasteiger partial charge on any atom is -0.348 e. The lowest BCUT2D eigenvalue weighted by molar-refractivity contribution is -0.128. The van der Waals surface area contributed by atoms with E-state index >= 15 is 0 Å². The van der Waals surface area contributed by atoms with Gasteiger partial charge in [0.05, 0.1) is 18.2 Å². The molecule has 3 rings (SSSR count). The van der Waals surface area contributed by atoms with E-state index in [9.17, 15) is 9.59 Å². The Balaban J connectivity index is 1.81. The lowest BCUT2D eigenvalue weighted by atomic mass is 10.1. The van der Waals surface area contributed by atoms with Crippen LogP contribution in [0, 0.1) is 6.92 Å². The molecule has 2 amide bonds. The van der Waals surface area contributed by atoms with Crippen molar-refractivity contribution < 1.29 is 9.59 Å². The van der Waals surface area contributed by atoms with E-state index in [2.05, 4.69) is 9.55 Å². The third kappa shape index (κ3) is 3.43. The standard InChI is InChI=1S/C19H24N4O2/c1-13-6-5-7-15(10-13)19(25)23-9-8-22-12-16(11-17(24)21(3)4)20-18(22)14(23)2/h5-7,10,12,14H,8-9,11H2,1-4H3/t14-/m0/s1. The average molecular weight is 340 g/mol. The van der Waals surface area contributed by atoms with Crippen molar-refractivity contribution in [1.82, 2.24) is 19.4 Å². The molecule has 2 heterocycles. The number of hydrogen-bond donors (Lipinski definition) is 0. The maximum Gasteiger partial charge on any atom is 0.254 e. The fourth-order valence-corrected chi connectivity index (χ4v) is 3.17. The predicted octanol–water partition coefficient (Wildman–Crippen LogP) is 2.04. The molecule has 0 saturated heterocycles. The van der Waals surface area contributed by atoms with Gasteiger partial charge in [-0.1, -0.05) is 17.7 Å². The molecule has 6 nitrogen and oxygen atoms in total. The van der Waals surface area contributed by atoms with Crippen molar-refractivity contribution in [3.63, 3.8) is 0 Å². The lowest BCUT2D eigenvalue weighted by Gasteiger charge is -2.33. The Morgan fingerprint density at radius 3 is 2.72 bits per heavy atom. The number of aromatic nitrogens is 2. The van der Waals surface area contributed by atoms with Crippen molar-refractivity contribution in [2.45, 2.75) is 32.9 Å². The number of benzene rings is 1. The summed E-state index contributed by atoms with van der Waals surface area (Å²) in [6.07, 6.45) is 2.22. The van der Waals surface area contributed by atoms with Crippen LogP contribution in [-0.4, -0.2) is 51.8 Å². The third-order valence-electron chi connectivity index (χ3n) is 4.64. The summed E-state index contributed by atoms with van der Waals surface area (Å²) in [5.41, 5.74) is 2.53. The summed E-state index contributed by atoms with van der Waals surface area (Å²) in [5, 5.41) is 0.